The molecule has 1 aromatic heterocycles. The molecule has 0 unspecified atom stereocenters. The average molecular weight is 503 g/mol. The van der Waals surface area contributed by atoms with Crippen LogP contribution in [0.15, 0.2) is 82.6 Å². The van der Waals surface area contributed by atoms with Crippen LogP contribution in [0.1, 0.15) is 16.1 Å². The molecule has 0 radical (unpaired) electrons. The molecule has 32 heavy (non-hydrogen) atoms. The summed E-state index contributed by atoms with van der Waals surface area (Å²) in [4.78, 5) is 4.66. The molecule has 0 fully saturated rings. The second-order valence-electron chi connectivity index (χ2n) is 6.90. The monoisotopic (exact) mass is 502 g/mol. The maximum atomic E-state index is 9.73. The van der Waals surface area contributed by atoms with Crippen LogP contribution in [0.3, 0.4) is 0 Å². The highest BCUT2D eigenvalue weighted by Gasteiger charge is 2.11. The van der Waals surface area contributed by atoms with Crippen LogP contribution in [0.2, 0.25) is 0 Å². The highest BCUT2D eigenvalue weighted by molar-refractivity contribution is 9.10. The molecule has 0 aliphatic carbocycles. The molecule has 4 rings (SSSR count). The van der Waals surface area contributed by atoms with E-state index in [1.165, 1.54) is 11.3 Å². The molecule has 158 valence electrons. The number of benzene rings is 3. The Bertz CT molecular complexity index is 1280. The van der Waals surface area contributed by atoms with Crippen molar-refractivity contribution in [3.63, 3.8) is 0 Å². The zero-order valence-corrected chi connectivity index (χ0v) is 19.7. The number of hydrogen-bond donors (Lipinski definition) is 0. The van der Waals surface area contributed by atoms with E-state index < -0.39 is 0 Å². The smallest absolute Gasteiger partial charge is 0.161 e. The van der Waals surface area contributed by atoms with E-state index in [0.29, 0.717) is 28.7 Å². The van der Waals surface area contributed by atoms with Crippen LogP contribution in [0.5, 0.6) is 11.5 Å². The number of nitriles is 1. The molecule has 0 amide bonds. The fraction of sp³-hybridized carbons (Fsp3) is 0.0769. The number of allylic oxidation sites excluding steroid dienone is 1. The molecule has 4 aromatic rings. The second kappa shape index (κ2) is 10.3. The summed E-state index contributed by atoms with van der Waals surface area (Å²) in [6, 6.07) is 25.8. The summed E-state index contributed by atoms with van der Waals surface area (Å²) in [6.07, 6.45) is 1.81. The molecule has 0 saturated carbocycles. The summed E-state index contributed by atoms with van der Waals surface area (Å²) in [5.74, 6) is 1.26. The molecular formula is C26H19BrN2O2S. The lowest BCUT2D eigenvalue weighted by atomic mass is 10.1. The van der Waals surface area contributed by atoms with E-state index in [-0.39, 0.29) is 0 Å². The van der Waals surface area contributed by atoms with Crippen LogP contribution in [-0.4, -0.2) is 12.1 Å². The number of hydrogen-bond acceptors (Lipinski definition) is 5. The van der Waals surface area contributed by atoms with Crippen LogP contribution < -0.4 is 9.47 Å². The fourth-order valence-corrected chi connectivity index (χ4v) is 4.15. The van der Waals surface area contributed by atoms with Crippen molar-refractivity contribution in [3.8, 4) is 28.8 Å². The number of aromatic nitrogens is 1. The first kappa shape index (κ1) is 21.8. The number of nitrogens with zero attached hydrogens (tertiary/aromatic N) is 2. The van der Waals surface area contributed by atoms with Gasteiger partial charge in [0.15, 0.2) is 11.5 Å². The molecule has 0 spiro atoms. The highest BCUT2D eigenvalue weighted by Crippen LogP contribution is 2.32. The molecule has 3 aromatic carbocycles. The quantitative estimate of drug-likeness (QED) is 0.250. The van der Waals surface area contributed by atoms with Gasteiger partial charge in [-0.15, -0.1) is 11.3 Å². The number of rotatable bonds is 7. The van der Waals surface area contributed by atoms with E-state index in [0.717, 1.165) is 26.9 Å². The third-order valence-corrected chi connectivity index (χ3v) is 6.14. The Balaban J connectivity index is 1.55. The van der Waals surface area contributed by atoms with Crippen molar-refractivity contribution in [2.45, 2.75) is 6.61 Å². The van der Waals surface area contributed by atoms with E-state index in [9.17, 15) is 5.26 Å². The Labute approximate surface area is 199 Å². The van der Waals surface area contributed by atoms with Gasteiger partial charge in [0.05, 0.1) is 18.4 Å². The molecule has 0 atom stereocenters. The molecule has 0 saturated heterocycles. The van der Waals surface area contributed by atoms with Crippen LogP contribution in [-0.2, 0) is 6.61 Å². The van der Waals surface area contributed by atoms with Crippen molar-refractivity contribution >= 4 is 38.9 Å². The standard InChI is InChI=1S/C26H19BrN2O2S/c1-30-25-14-19(7-12-24(25)31-16-18-5-3-2-4-6-18)13-21(15-28)26-29-23(17-32-26)20-8-10-22(27)11-9-20/h2-14,17H,16H2,1H3/b21-13+. The Kier molecular flexibility index (Phi) is 7.00. The molecular weight excluding hydrogens is 484 g/mol. The minimum atomic E-state index is 0.452. The second-order valence-corrected chi connectivity index (χ2v) is 8.67. The number of thiazole rings is 1. The van der Waals surface area contributed by atoms with Gasteiger partial charge < -0.3 is 9.47 Å². The SMILES string of the molecule is COc1cc(/C=C(\C#N)c2nc(-c3ccc(Br)cc3)cs2)ccc1OCc1ccccc1. The zero-order chi connectivity index (χ0) is 22.3. The van der Waals surface area contributed by atoms with E-state index in [4.69, 9.17) is 9.47 Å². The fourth-order valence-electron chi connectivity index (χ4n) is 3.09. The zero-order valence-electron chi connectivity index (χ0n) is 17.3. The molecule has 6 heteroatoms. The van der Waals surface area contributed by atoms with Crippen LogP contribution >= 0.6 is 27.3 Å². The van der Waals surface area contributed by atoms with Crippen molar-refractivity contribution < 1.29 is 9.47 Å². The first-order valence-corrected chi connectivity index (χ1v) is 11.5. The molecule has 0 bridgehead atoms. The van der Waals surface area contributed by atoms with Crippen molar-refractivity contribution in [1.29, 1.82) is 5.26 Å². The predicted octanol–water partition coefficient (Wildman–Crippen LogP) is 7.22. The lowest BCUT2D eigenvalue weighted by molar-refractivity contribution is 0.284. The van der Waals surface area contributed by atoms with E-state index in [1.807, 2.05) is 84.3 Å². The van der Waals surface area contributed by atoms with E-state index >= 15 is 0 Å². The Morgan fingerprint density at radius 1 is 1.06 bits per heavy atom. The Morgan fingerprint density at radius 3 is 2.56 bits per heavy atom. The topological polar surface area (TPSA) is 55.1 Å². The average Bonchev–Trinajstić information content (AvgIpc) is 3.32. The van der Waals surface area contributed by atoms with Gasteiger partial charge in [-0.3, -0.25) is 0 Å². The summed E-state index contributed by atoms with van der Waals surface area (Å²) < 4.78 is 12.4. The van der Waals surface area contributed by atoms with Gasteiger partial charge in [0.1, 0.15) is 17.7 Å². The molecule has 1 heterocycles. The Morgan fingerprint density at radius 2 is 1.84 bits per heavy atom. The molecule has 0 N–H and O–H groups in total. The maximum absolute atomic E-state index is 9.73. The van der Waals surface area contributed by atoms with E-state index in [2.05, 4.69) is 27.0 Å². The van der Waals surface area contributed by atoms with Crippen molar-refractivity contribution in [1.82, 2.24) is 4.98 Å². The third-order valence-electron chi connectivity index (χ3n) is 4.73. The lowest BCUT2D eigenvalue weighted by Gasteiger charge is -2.11. The summed E-state index contributed by atoms with van der Waals surface area (Å²) in [6.45, 7) is 0.452. The van der Waals surface area contributed by atoms with Gasteiger partial charge >= 0.3 is 0 Å². The number of methoxy groups -OCH3 is 1. The van der Waals surface area contributed by atoms with Gasteiger partial charge in [-0.1, -0.05) is 64.5 Å². The third kappa shape index (κ3) is 5.25. The Hall–Kier alpha value is -3.40. The van der Waals surface area contributed by atoms with Crippen molar-refractivity contribution in [3.05, 3.63) is 98.8 Å². The van der Waals surface area contributed by atoms with Gasteiger partial charge in [0.2, 0.25) is 0 Å². The molecule has 0 aliphatic heterocycles. The largest absolute Gasteiger partial charge is 0.493 e. The summed E-state index contributed by atoms with van der Waals surface area (Å²) in [5.41, 5.74) is 4.27. The highest BCUT2D eigenvalue weighted by atomic mass is 79.9. The number of halogens is 1. The van der Waals surface area contributed by atoms with Crippen LogP contribution in [0.4, 0.5) is 0 Å². The van der Waals surface area contributed by atoms with Gasteiger partial charge in [-0.2, -0.15) is 5.26 Å². The van der Waals surface area contributed by atoms with Gasteiger partial charge in [-0.25, -0.2) is 4.98 Å². The van der Waals surface area contributed by atoms with Crippen LogP contribution in [0, 0.1) is 11.3 Å². The summed E-state index contributed by atoms with van der Waals surface area (Å²) in [5, 5.41) is 12.4. The summed E-state index contributed by atoms with van der Waals surface area (Å²) in [7, 11) is 1.61. The first-order chi connectivity index (χ1) is 15.7. The minimum Gasteiger partial charge on any atom is -0.493 e. The van der Waals surface area contributed by atoms with Gasteiger partial charge in [-0.05, 0) is 41.5 Å². The molecule has 0 aliphatic rings. The predicted molar refractivity (Wildman–Crippen MR) is 133 cm³/mol. The number of ether oxygens (including phenoxy) is 2. The van der Waals surface area contributed by atoms with Gasteiger partial charge in [0, 0.05) is 15.4 Å². The minimum absolute atomic E-state index is 0.452. The lowest BCUT2D eigenvalue weighted by Crippen LogP contribution is -1.97. The van der Waals surface area contributed by atoms with Crippen molar-refractivity contribution in [2.24, 2.45) is 0 Å². The first-order valence-electron chi connectivity index (χ1n) is 9.84. The van der Waals surface area contributed by atoms with E-state index in [1.54, 1.807) is 7.11 Å². The maximum Gasteiger partial charge on any atom is 0.161 e. The van der Waals surface area contributed by atoms with Gasteiger partial charge in [0.25, 0.3) is 0 Å². The van der Waals surface area contributed by atoms with Crippen LogP contribution in [0.25, 0.3) is 22.9 Å². The summed E-state index contributed by atoms with van der Waals surface area (Å²) >= 11 is 4.89. The van der Waals surface area contributed by atoms with Crippen molar-refractivity contribution in [2.75, 3.05) is 7.11 Å². The molecule has 4 nitrogen and oxygen atoms in total. The normalized spacial score (nSPS) is 11.1.